The summed E-state index contributed by atoms with van der Waals surface area (Å²) in [6.07, 6.45) is 4.33. The molecule has 0 fully saturated rings. The molecule has 0 aliphatic carbocycles. The largest absolute Gasteiger partial charge is 0.451 e. The summed E-state index contributed by atoms with van der Waals surface area (Å²) in [6, 6.07) is 11.6. The van der Waals surface area contributed by atoms with Crippen LogP contribution in [0, 0.1) is 25.2 Å². The summed E-state index contributed by atoms with van der Waals surface area (Å²) in [5.74, 6) is -1.06. The van der Waals surface area contributed by atoms with Crippen LogP contribution in [0.3, 0.4) is 0 Å². The van der Waals surface area contributed by atoms with Crippen LogP contribution in [0.2, 0.25) is 0 Å². The molecule has 1 aliphatic heterocycles. The fraction of sp³-hybridized carbons (Fsp3) is 0.375. The van der Waals surface area contributed by atoms with Crippen molar-refractivity contribution in [2.24, 2.45) is 0 Å². The quantitative estimate of drug-likeness (QED) is 0.414. The van der Waals surface area contributed by atoms with E-state index >= 15 is 0 Å². The Balaban J connectivity index is 1.70. The number of hydrogen-bond acceptors (Lipinski definition) is 4. The van der Waals surface area contributed by atoms with Gasteiger partial charge in [-0.05, 0) is 62.4 Å². The van der Waals surface area contributed by atoms with Gasteiger partial charge in [0.05, 0.1) is 0 Å². The minimum atomic E-state index is -0.781. The number of esters is 1. The van der Waals surface area contributed by atoms with E-state index in [0.29, 0.717) is 6.54 Å². The van der Waals surface area contributed by atoms with Crippen molar-refractivity contribution in [3.05, 3.63) is 58.4 Å². The minimum Gasteiger partial charge on any atom is -0.451 e. The molecule has 0 atom stereocenters. The molecule has 2 heterocycles. The third-order valence-electron chi connectivity index (χ3n) is 5.44. The Morgan fingerprint density at radius 3 is 2.77 bits per heavy atom. The number of carbonyl (C=O) groups is 2. The summed E-state index contributed by atoms with van der Waals surface area (Å²) in [5, 5.41) is 9.45. The van der Waals surface area contributed by atoms with Crippen molar-refractivity contribution < 1.29 is 14.3 Å². The molecule has 2 aromatic rings. The molecule has 3 rings (SSSR count). The van der Waals surface area contributed by atoms with E-state index in [1.165, 1.54) is 6.08 Å². The summed E-state index contributed by atoms with van der Waals surface area (Å²) in [4.78, 5) is 26.8. The number of anilines is 1. The SMILES string of the molecule is CCCn1c(C)cc(/C=C(\C#N)C(=O)OCC(=O)N2CCCc3ccccc32)c1C. The van der Waals surface area contributed by atoms with Crippen molar-refractivity contribution in [3.8, 4) is 6.07 Å². The highest BCUT2D eigenvalue weighted by Gasteiger charge is 2.24. The van der Waals surface area contributed by atoms with Gasteiger partial charge in [-0.1, -0.05) is 25.1 Å². The lowest BCUT2D eigenvalue weighted by Gasteiger charge is -2.29. The van der Waals surface area contributed by atoms with Crippen molar-refractivity contribution in [2.75, 3.05) is 18.1 Å². The second kappa shape index (κ2) is 9.45. The van der Waals surface area contributed by atoms with Crippen molar-refractivity contribution >= 4 is 23.6 Å². The Morgan fingerprint density at radius 1 is 1.27 bits per heavy atom. The molecular formula is C24H27N3O3. The first-order valence-corrected chi connectivity index (χ1v) is 10.3. The standard InChI is InChI=1S/C24H27N3O3/c1-4-11-26-17(2)13-20(18(26)3)14-21(15-25)24(29)30-16-23(28)27-12-7-9-19-8-5-6-10-22(19)27/h5-6,8,10,13-14H,4,7,9,11-12,16H2,1-3H3/b21-14+. The van der Waals surface area contributed by atoms with Gasteiger partial charge in [0.1, 0.15) is 11.6 Å². The molecule has 6 heteroatoms. The number of para-hydroxylation sites is 1. The van der Waals surface area contributed by atoms with Crippen molar-refractivity contribution in [1.82, 2.24) is 4.57 Å². The highest BCUT2D eigenvalue weighted by atomic mass is 16.5. The van der Waals surface area contributed by atoms with E-state index in [2.05, 4.69) is 11.5 Å². The van der Waals surface area contributed by atoms with Crippen LogP contribution in [0.25, 0.3) is 6.08 Å². The lowest BCUT2D eigenvalue weighted by molar-refractivity contribution is -0.143. The van der Waals surface area contributed by atoms with E-state index in [9.17, 15) is 14.9 Å². The maximum atomic E-state index is 12.7. The van der Waals surface area contributed by atoms with Gasteiger partial charge < -0.3 is 14.2 Å². The number of benzene rings is 1. The number of nitriles is 1. The summed E-state index contributed by atoms with van der Waals surface area (Å²) in [6.45, 7) is 7.15. The molecule has 1 aromatic heterocycles. The van der Waals surface area contributed by atoms with Crippen LogP contribution in [-0.4, -0.2) is 29.6 Å². The molecule has 0 saturated heterocycles. The van der Waals surface area contributed by atoms with Gasteiger partial charge in [0.25, 0.3) is 5.91 Å². The van der Waals surface area contributed by atoms with Gasteiger partial charge in [-0.3, -0.25) is 4.79 Å². The zero-order chi connectivity index (χ0) is 21.7. The number of amides is 1. The summed E-state index contributed by atoms with van der Waals surface area (Å²) < 4.78 is 7.35. The molecular weight excluding hydrogens is 378 g/mol. The lowest BCUT2D eigenvalue weighted by atomic mass is 10.0. The number of hydrogen-bond donors (Lipinski definition) is 0. The molecule has 1 aliphatic rings. The molecule has 0 unspecified atom stereocenters. The molecule has 0 radical (unpaired) electrons. The van der Waals surface area contributed by atoms with E-state index < -0.39 is 5.97 Å². The van der Waals surface area contributed by atoms with E-state index in [-0.39, 0.29) is 18.1 Å². The van der Waals surface area contributed by atoms with Crippen LogP contribution in [0.4, 0.5) is 5.69 Å². The van der Waals surface area contributed by atoms with Crippen LogP contribution in [0.5, 0.6) is 0 Å². The van der Waals surface area contributed by atoms with E-state index in [0.717, 1.165) is 54.0 Å². The van der Waals surface area contributed by atoms with Gasteiger partial charge >= 0.3 is 5.97 Å². The lowest BCUT2D eigenvalue weighted by Crippen LogP contribution is -2.38. The van der Waals surface area contributed by atoms with Crippen LogP contribution >= 0.6 is 0 Å². The summed E-state index contributed by atoms with van der Waals surface area (Å²) in [7, 11) is 0. The zero-order valence-electron chi connectivity index (χ0n) is 17.8. The molecule has 1 aromatic carbocycles. The van der Waals surface area contributed by atoms with Gasteiger partial charge in [-0.15, -0.1) is 0 Å². The van der Waals surface area contributed by atoms with Gasteiger partial charge in [-0.25, -0.2) is 4.79 Å². The van der Waals surface area contributed by atoms with Crippen LogP contribution in [0.1, 0.15) is 42.3 Å². The molecule has 1 amide bonds. The molecule has 0 N–H and O–H groups in total. The van der Waals surface area contributed by atoms with E-state index in [4.69, 9.17) is 4.74 Å². The van der Waals surface area contributed by atoms with Gasteiger partial charge in [0, 0.05) is 30.2 Å². The Kier molecular flexibility index (Phi) is 6.73. The Hall–Kier alpha value is -3.33. The van der Waals surface area contributed by atoms with Crippen LogP contribution in [-0.2, 0) is 27.3 Å². The summed E-state index contributed by atoms with van der Waals surface area (Å²) in [5.41, 5.74) is 4.75. The van der Waals surface area contributed by atoms with Crippen molar-refractivity contribution in [1.29, 1.82) is 5.26 Å². The molecule has 30 heavy (non-hydrogen) atoms. The fourth-order valence-electron chi connectivity index (χ4n) is 3.91. The number of fused-ring (bicyclic) bond motifs is 1. The smallest absolute Gasteiger partial charge is 0.349 e. The Morgan fingerprint density at radius 2 is 2.03 bits per heavy atom. The number of aryl methyl sites for hydroxylation is 2. The molecule has 0 spiro atoms. The van der Waals surface area contributed by atoms with E-state index in [1.54, 1.807) is 4.90 Å². The number of carbonyl (C=O) groups excluding carboxylic acids is 2. The van der Waals surface area contributed by atoms with E-state index in [1.807, 2.05) is 50.2 Å². The fourth-order valence-corrected chi connectivity index (χ4v) is 3.91. The second-order valence-electron chi connectivity index (χ2n) is 7.50. The third kappa shape index (κ3) is 4.46. The number of rotatable bonds is 6. The Labute approximate surface area is 177 Å². The first-order chi connectivity index (χ1) is 14.5. The number of aromatic nitrogens is 1. The predicted octanol–water partition coefficient (Wildman–Crippen LogP) is 3.94. The molecule has 0 saturated carbocycles. The topological polar surface area (TPSA) is 75.3 Å². The number of nitrogens with zero attached hydrogens (tertiary/aromatic N) is 3. The maximum Gasteiger partial charge on any atom is 0.349 e. The van der Waals surface area contributed by atoms with Crippen LogP contribution in [0.15, 0.2) is 35.9 Å². The summed E-state index contributed by atoms with van der Waals surface area (Å²) >= 11 is 0. The first kappa shape index (κ1) is 21.4. The molecule has 6 nitrogen and oxygen atoms in total. The average Bonchev–Trinajstić information content (AvgIpc) is 3.02. The molecule has 0 bridgehead atoms. The Bertz CT molecular complexity index is 1030. The normalized spacial score (nSPS) is 13.5. The minimum absolute atomic E-state index is 0.112. The zero-order valence-corrected chi connectivity index (χ0v) is 17.8. The van der Waals surface area contributed by atoms with Gasteiger partial charge in [0.2, 0.25) is 0 Å². The first-order valence-electron chi connectivity index (χ1n) is 10.3. The maximum absolute atomic E-state index is 12.7. The van der Waals surface area contributed by atoms with Crippen molar-refractivity contribution in [2.45, 2.75) is 46.6 Å². The third-order valence-corrected chi connectivity index (χ3v) is 5.44. The predicted molar refractivity (Wildman–Crippen MR) is 116 cm³/mol. The van der Waals surface area contributed by atoms with Crippen molar-refractivity contribution in [3.63, 3.8) is 0 Å². The number of ether oxygens (including phenoxy) is 1. The van der Waals surface area contributed by atoms with Crippen LogP contribution < -0.4 is 4.90 Å². The second-order valence-corrected chi connectivity index (χ2v) is 7.50. The molecule has 156 valence electrons. The average molecular weight is 405 g/mol. The van der Waals surface area contributed by atoms with Gasteiger partial charge in [-0.2, -0.15) is 5.26 Å². The highest BCUT2D eigenvalue weighted by molar-refractivity contribution is 6.01. The highest BCUT2D eigenvalue weighted by Crippen LogP contribution is 2.26. The monoisotopic (exact) mass is 405 g/mol. The van der Waals surface area contributed by atoms with Gasteiger partial charge in [0.15, 0.2) is 6.61 Å².